The number of hydrogen-bond acceptors (Lipinski definition) is 3. The van der Waals surface area contributed by atoms with Gasteiger partial charge in [0.05, 0.1) is 12.6 Å². The van der Waals surface area contributed by atoms with Crippen molar-refractivity contribution in [3.63, 3.8) is 0 Å². The van der Waals surface area contributed by atoms with Gasteiger partial charge in [0.1, 0.15) is 5.75 Å². The monoisotopic (exact) mass is 312 g/mol. The van der Waals surface area contributed by atoms with E-state index in [9.17, 15) is 4.79 Å². The molecule has 0 aliphatic heterocycles. The first-order chi connectivity index (χ1) is 9.59. The Labute approximate surface area is 133 Å². The van der Waals surface area contributed by atoms with Crippen molar-refractivity contribution in [2.45, 2.75) is 44.7 Å². The van der Waals surface area contributed by atoms with Gasteiger partial charge in [-0.2, -0.15) is 0 Å². The Hall–Kier alpha value is -1.26. The van der Waals surface area contributed by atoms with Gasteiger partial charge in [-0.3, -0.25) is 4.79 Å². The van der Waals surface area contributed by atoms with Gasteiger partial charge in [-0.15, -0.1) is 12.4 Å². The van der Waals surface area contributed by atoms with E-state index < -0.39 is 5.54 Å². The maximum absolute atomic E-state index is 12.6. The average molecular weight is 313 g/mol. The number of likely N-dealkylation sites (N-methyl/N-ethyl adjacent to an activating group) is 1. The van der Waals surface area contributed by atoms with Gasteiger partial charge in [-0.25, -0.2) is 0 Å². The fraction of sp³-hybridized carbons (Fsp3) is 0.562. The van der Waals surface area contributed by atoms with Crippen molar-refractivity contribution >= 4 is 18.3 Å². The summed E-state index contributed by atoms with van der Waals surface area (Å²) in [5, 5.41) is 0. The van der Waals surface area contributed by atoms with E-state index in [1.807, 2.05) is 36.1 Å². The Morgan fingerprint density at radius 2 is 1.86 bits per heavy atom. The lowest BCUT2D eigenvalue weighted by Crippen LogP contribution is -2.53. The highest BCUT2D eigenvalue weighted by atomic mass is 35.5. The van der Waals surface area contributed by atoms with Crippen LogP contribution in [-0.2, 0) is 11.3 Å². The molecular weight excluding hydrogens is 288 g/mol. The number of nitrogens with zero attached hydrogens (tertiary/aromatic N) is 1. The van der Waals surface area contributed by atoms with E-state index in [4.69, 9.17) is 10.5 Å². The zero-order valence-electron chi connectivity index (χ0n) is 12.8. The molecule has 1 fully saturated rings. The van der Waals surface area contributed by atoms with Crippen LogP contribution in [0.2, 0.25) is 0 Å². The van der Waals surface area contributed by atoms with Crippen LogP contribution in [0.25, 0.3) is 0 Å². The zero-order valence-corrected chi connectivity index (χ0v) is 13.6. The van der Waals surface area contributed by atoms with Crippen LogP contribution in [0.5, 0.6) is 5.75 Å². The summed E-state index contributed by atoms with van der Waals surface area (Å²) < 4.78 is 5.14. The SMILES string of the molecule is CCN(Cc1ccc(OC)cc1)C(=O)C1(N)CCCC1.Cl. The van der Waals surface area contributed by atoms with Crippen LogP contribution in [0.4, 0.5) is 0 Å². The van der Waals surface area contributed by atoms with Crippen molar-refractivity contribution in [3.8, 4) is 5.75 Å². The number of carbonyl (C=O) groups is 1. The van der Waals surface area contributed by atoms with E-state index in [2.05, 4.69) is 0 Å². The molecule has 1 aromatic rings. The third-order valence-corrected chi connectivity index (χ3v) is 4.12. The van der Waals surface area contributed by atoms with Gasteiger partial charge in [-0.05, 0) is 37.5 Å². The molecule has 118 valence electrons. The second-order valence-electron chi connectivity index (χ2n) is 5.53. The normalized spacial score (nSPS) is 16.1. The number of benzene rings is 1. The highest BCUT2D eigenvalue weighted by Crippen LogP contribution is 2.29. The molecule has 0 spiro atoms. The third kappa shape index (κ3) is 4.11. The van der Waals surface area contributed by atoms with Crippen molar-refractivity contribution in [3.05, 3.63) is 29.8 Å². The summed E-state index contributed by atoms with van der Waals surface area (Å²) >= 11 is 0. The van der Waals surface area contributed by atoms with Gasteiger partial charge in [-0.1, -0.05) is 25.0 Å². The minimum absolute atomic E-state index is 0. The minimum atomic E-state index is -0.636. The van der Waals surface area contributed by atoms with Gasteiger partial charge >= 0.3 is 0 Å². The van der Waals surface area contributed by atoms with Crippen molar-refractivity contribution in [2.75, 3.05) is 13.7 Å². The molecule has 5 heteroatoms. The maximum Gasteiger partial charge on any atom is 0.242 e. The molecule has 2 N–H and O–H groups in total. The van der Waals surface area contributed by atoms with Crippen LogP contribution in [0.15, 0.2) is 24.3 Å². The van der Waals surface area contributed by atoms with Crippen LogP contribution in [0.1, 0.15) is 38.2 Å². The topological polar surface area (TPSA) is 55.6 Å². The molecule has 0 unspecified atom stereocenters. The first-order valence-electron chi connectivity index (χ1n) is 7.30. The van der Waals surface area contributed by atoms with E-state index in [0.717, 1.165) is 37.0 Å². The Bertz CT molecular complexity index is 456. The molecule has 1 aliphatic carbocycles. The quantitative estimate of drug-likeness (QED) is 0.909. The van der Waals surface area contributed by atoms with E-state index in [0.29, 0.717) is 13.1 Å². The first-order valence-corrected chi connectivity index (χ1v) is 7.30. The molecule has 2 rings (SSSR count). The summed E-state index contributed by atoms with van der Waals surface area (Å²) in [4.78, 5) is 14.5. The molecule has 1 saturated carbocycles. The first kappa shape index (κ1) is 17.8. The van der Waals surface area contributed by atoms with Gasteiger partial charge in [0.25, 0.3) is 0 Å². The minimum Gasteiger partial charge on any atom is -0.497 e. The second kappa shape index (κ2) is 7.66. The molecule has 1 aromatic carbocycles. The average Bonchev–Trinajstić information content (AvgIpc) is 2.93. The number of hydrogen-bond donors (Lipinski definition) is 1. The highest BCUT2D eigenvalue weighted by Gasteiger charge is 2.39. The summed E-state index contributed by atoms with van der Waals surface area (Å²) in [6.07, 6.45) is 3.74. The zero-order chi connectivity index (χ0) is 14.6. The van der Waals surface area contributed by atoms with Crippen LogP contribution in [0, 0.1) is 0 Å². The van der Waals surface area contributed by atoms with Crippen molar-refractivity contribution in [1.82, 2.24) is 4.90 Å². The molecular formula is C16H25ClN2O2. The standard InChI is InChI=1S/C16H24N2O2.ClH/c1-3-18(15(19)16(17)10-4-5-11-16)12-13-6-8-14(20-2)9-7-13;/h6-9H,3-5,10-12,17H2,1-2H3;1H. The molecule has 1 aliphatic rings. The second-order valence-corrected chi connectivity index (χ2v) is 5.53. The van der Waals surface area contributed by atoms with Crippen LogP contribution < -0.4 is 10.5 Å². The molecule has 0 aromatic heterocycles. The van der Waals surface area contributed by atoms with Gasteiger partial charge < -0.3 is 15.4 Å². The van der Waals surface area contributed by atoms with E-state index >= 15 is 0 Å². The predicted octanol–water partition coefficient (Wildman–Crippen LogP) is 2.74. The predicted molar refractivity (Wildman–Crippen MR) is 86.7 cm³/mol. The van der Waals surface area contributed by atoms with E-state index in [1.54, 1.807) is 7.11 Å². The number of nitrogens with two attached hydrogens (primary N) is 1. The molecule has 4 nitrogen and oxygen atoms in total. The Balaban J connectivity index is 0.00000220. The Kier molecular flexibility index (Phi) is 6.49. The highest BCUT2D eigenvalue weighted by molar-refractivity contribution is 5.86. The lowest BCUT2D eigenvalue weighted by Gasteiger charge is -2.31. The smallest absolute Gasteiger partial charge is 0.242 e. The van der Waals surface area contributed by atoms with Crippen molar-refractivity contribution in [1.29, 1.82) is 0 Å². The van der Waals surface area contributed by atoms with Crippen LogP contribution in [-0.4, -0.2) is 30.0 Å². The Morgan fingerprint density at radius 3 is 2.33 bits per heavy atom. The van der Waals surface area contributed by atoms with Gasteiger partial charge in [0.15, 0.2) is 0 Å². The number of ether oxygens (including phenoxy) is 1. The van der Waals surface area contributed by atoms with Gasteiger partial charge in [0.2, 0.25) is 5.91 Å². The fourth-order valence-corrected chi connectivity index (χ4v) is 2.81. The van der Waals surface area contributed by atoms with Crippen molar-refractivity contribution in [2.24, 2.45) is 5.73 Å². The van der Waals surface area contributed by atoms with E-state index in [-0.39, 0.29) is 18.3 Å². The summed E-state index contributed by atoms with van der Waals surface area (Å²) in [6, 6.07) is 7.82. The Morgan fingerprint density at radius 1 is 1.29 bits per heavy atom. The lowest BCUT2D eigenvalue weighted by molar-refractivity contribution is -0.137. The molecule has 0 radical (unpaired) electrons. The molecule has 1 amide bonds. The number of amides is 1. The summed E-state index contributed by atoms with van der Waals surface area (Å²) in [5.41, 5.74) is 6.73. The molecule has 0 heterocycles. The van der Waals surface area contributed by atoms with Crippen molar-refractivity contribution < 1.29 is 9.53 Å². The molecule has 0 atom stereocenters. The number of rotatable bonds is 5. The largest absolute Gasteiger partial charge is 0.497 e. The van der Waals surface area contributed by atoms with Crippen LogP contribution in [0.3, 0.4) is 0 Å². The maximum atomic E-state index is 12.6. The third-order valence-electron chi connectivity index (χ3n) is 4.12. The molecule has 0 bridgehead atoms. The number of carbonyl (C=O) groups excluding carboxylic acids is 1. The molecule has 0 saturated heterocycles. The fourth-order valence-electron chi connectivity index (χ4n) is 2.81. The lowest BCUT2D eigenvalue weighted by atomic mass is 9.97. The molecule has 21 heavy (non-hydrogen) atoms. The summed E-state index contributed by atoms with van der Waals surface area (Å²) in [6.45, 7) is 3.29. The van der Waals surface area contributed by atoms with Crippen LogP contribution >= 0.6 is 12.4 Å². The summed E-state index contributed by atoms with van der Waals surface area (Å²) in [5.74, 6) is 0.919. The number of halogens is 1. The summed E-state index contributed by atoms with van der Waals surface area (Å²) in [7, 11) is 1.65. The van der Waals surface area contributed by atoms with E-state index in [1.165, 1.54) is 0 Å². The number of methoxy groups -OCH3 is 1. The van der Waals surface area contributed by atoms with Gasteiger partial charge in [0, 0.05) is 13.1 Å².